The summed E-state index contributed by atoms with van der Waals surface area (Å²) in [6, 6.07) is 7.28. The van der Waals surface area contributed by atoms with E-state index >= 15 is 0 Å². The van der Waals surface area contributed by atoms with Gasteiger partial charge in [0.05, 0.1) is 19.6 Å². The highest BCUT2D eigenvalue weighted by Gasteiger charge is 2.40. The van der Waals surface area contributed by atoms with Crippen molar-refractivity contribution in [1.29, 1.82) is 0 Å². The summed E-state index contributed by atoms with van der Waals surface area (Å²) in [4.78, 5) is 23.0. The van der Waals surface area contributed by atoms with Crippen LogP contribution in [0.4, 0.5) is 0 Å². The molecule has 1 aromatic rings. The molecule has 1 saturated carbocycles. The SMILES string of the molecule is COc1ccccc1OCCNC(=O)COC(=O)[C@H]1C[C@@H]1C. The molecule has 2 atom stereocenters. The van der Waals surface area contributed by atoms with Crippen molar-refractivity contribution >= 4 is 11.9 Å². The molecule has 0 saturated heterocycles. The summed E-state index contributed by atoms with van der Waals surface area (Å²) in [6.07, 6.45) is 0.854. The van der Waals surface area contributed by atoms with Gasteiger partial charge in [0.2, 0.25) is 0 Å². The van der Waals surface area contributed by atoms with Gasteiger partial charge in [0.1, 0.15) is 6.61 Å². The van der Waals surface area contributed by atoms with E-state index < -0.39 is 0 Å². The lowest BCUT2D eigenvalue weighted by molar-refractivity contribution is -0.150. The number of methoxy groups -OCH3 is 1. The molecule has 22 heavy (non-hydrogen) atoms. The smallest absolute Gasteiger partial charge is 0.309 e. The lowest BCUT2D eigenvalue weighted by atomic mass is 10.3. The van der Waals surface area contributed by atoms with E-state index in [2.05, 4.69) is 5.32 Å². The molecule has 1 amide bonds. The Labute approximate surface area is 129 Å². The largest absolute Gasteiger partial charge is 0.493 e. The molecule has 0 aromatic heterocycles. The van der Waals surface area contributed by atoms with Crippen LogP contribution in [-0.2, 0) is 14.3 Å². The van der Waals surface area contributed by atoms with Crippen LogP contribution >= 0.6 is 0 Å². The quantitative estimate of drug-likeness (QED) is 0.580. The van der Waals surface area contributed by atoms with Crippen LogP contribution in [0.5, 0.6) is 11.5 Å². The fourth-order valence-electron chi connectivity index (χ4n) is 2.03. The number of benzene rings is 1. The first-order valence-corrected chi connectivity index (χ1v) is 7.31. The minimum atomic E-state index is -0.328. The van der Waals surface area contributed by atoms with Crippen molar-refractivity contribution in [3.8, 4) is 11.5 Å². The van der Waals surface area contributed by atoms with Crippen LogP contribution in [0, 0.1) is 11.8 Å². The second-order valence-corrected chi connectivity index (χ2v) is 5.28. The Morgan fingerprint density at radius 3 is 2.59 bits per heavy atom. The zero-order valence-electron chi connectivity index (χ0n) is 12.8. The van der Waals surface area contributed by atoms with Crippen molar-refractivity contribution in [2.45, 2.75) is 13.3 Å². The molecule has 2 rings (SSSR count). The molecule has 0 aliphatic heterocycles. The van der Waals surface area contributed by atoms with Gasteiger partial charge in [0.15, 0.2) is 18.1 Å². The number of esters is 1. The van der Waals surface area contributed by atoms with Crippen LogP contribution in [0.25, 0.3) is 0 Å². The number of ether oxygens (including phenoxy) is 3. The average Bonchev–Trinajstić information content (AvgIpc) is 3.26. The van der Waals surface area contributed by atoms with Crippen LogP contribution in [0.1, 0.15) is 13.3 Å². The molecule has 120 valence electrons. The summed E-state index contributed by atoms with van der Waals surface area (Å²) in [7, 11) is 1.57. The van der Waals surface area contributed by atoms with Crippen LogP contribution in [-0.4, -0.2) is 38.7 Å². The second kappa shape index (κ2) is 7.68. The van der Waals surface area contributed by atoms with Crippen LogP contribution < -0.4 is 14.8 Å². The summed E-state index contributed by atoms with van der Waals surface area (Å²) < 4.78 is 15.6. The summed E-state index contributed by atoms with van der Waals surface area (Å²) in [5.74, 6) is 0.999. The molecular weight excluding hydrogens is 286 g/mol. The predicted octanol–water partition coefficient (Wildman–Crippen LogP) is 1.39. The summed E-state index contributed by atoms with van der Waals surface area (Å²) in [5, 5.41) is 2.63. The zero-order valence-corrected chi connectivity index (χ0v) is 12.8. The van der Waals surface area contributed by atoms with Gasteiger partial charge in [-0.25, -0.2) is 0 Å². The molecule has 1 aliphatic rings. The fourth-order valence-corrected chi connectivity index (χ4v) is 2.03. The number of amides is 1. The van der Waals surface area contributed by atoms with Gasteiger partial charge in [-0.2, -0.15) is 0 Å². The van der Waals surface area contributed by atoms with Gasteiger partial charge in [0, 0.05) is 0 Å². The third-order valence-corrected chi connectivity index (χ3v) is 3.51. The highest BCUT2D eigenvalue weighted by Crippen LogP contribution is 2.38. The molecule has 0 unspecified atom stereocenters. The zero-order chi connectivity index (χ0) is 15.9. The first-order valence-electron chi connectivity index (χ1n) is 7.31. The van der Waals surface area contributed by atoms with Crippen molar-refractivity contribution in [3.05, 3.63) is 24.3 Å². The number of rotatable bonds is 8. The fraction of sp³-hybridized carbons (Fsp3) is 0.500. The topological polar surface area (TPSA) is 73.9 Å². The van der Waals surface area contributed by atoms with Gasteiger partial charge >= 0.3 is 5.97 Å². The van der Waals surface area contributed by atoms with Gasteiger partial charge in [-0.05, 0) is 24.5 Å². The average molecular weight is 307 g/mol. The predicted molar refractivity (Wildman–Crippen MR) is 79.7 cm³/mol. The van der Waals surface area contributed by atoms with Gasteiger partial charge < -0.3 is 19.5 Å². The van der Waals surface area contributed by atoms with Crippen molar-refractivity contribution in [2.75, 3.05) is 26.9 Å². The molecule has 0 bridgehead atoms. The van der Waals surface area contributed by atoms with E-state index in [0.29, 0.717) is 30.6 Å². The number of carbonyl (C=O) groups is 2. The summed E-state index contributed by atoms with van der Waals surface area (Å²) in [6.45, 7) is 2.38. The molecule has 6 nitrogen and oxygen atoms in total. The van der Waals surface area contributed by atoms with Crippen LogP contribution in [0.15, 0.2) is 24.3 Å². The molecule has 0 heterocycles. The molecule has 6 heteroatoms. The third-order valence-electron chi connectivity index (χ3n) is 3.51. The van der Waals surface area contributed by atoms with E-state index in [0.717, 1.165) is 6.42 Å². The number of nitrogens with one attached hydrogen (secondary N) is 1. The highest BCUT2D eigenvalue weighted by molar-refractivity contribution is 5.82. The van der Waals surface area contributed by atoms with Crippen molar-refractivity contribution in [3.63, 3.8) is 0 Å². The van der Waals surface area contributed by atoms with E-state index in [1.165, 1.54) is 0 Å². The normalized spacial score (nSPS) is 19.2. The van der Waals surface area contributed by atoms with E-state index in [1.54, 1.807) is 19.2 Å². The van der Waals surface area contributed by atoms with Crippen molar-refractivity contribution in [2.24, 2.45) is 11.8 Å². The molecule has 1 aromatic carbocycles. The standard InChI is InChI=1S/C16H21NO5/c1-11-9-12(11)16(19)22-10-15(18)17-7-8-21-14-6-4-3-5-13(14)20-2/h3-6,11-12H,7-10H2,1-2H3,(H,17,18)/t11-,12-/m0/s1. The lowest BCUT2D eigenvalue weighted by Crippen LogP contribution is -2.32. The Morgan fingerprint density at radius 1 is 1.27 bits per heavy atom. The first-order chi connectivity index (χ1) is 10.6. The lowest BCUT2D eigenvalue weighted by Gasteiger charge is -2.11. The maximum Gasteiger partial charge on any atom is 0.309 e. The Hall–Kier alpha value is -2.24. The van der Waals surface area contributed by atoms with Crippen molar-refractivity contribution in [1.82, 2.24) is 5.32 Å². The third kappa shape index (κ3) is 4.65. The number of para-hydroxylation sites is 2. The first kappa shape index (κ1) is 16.1. The monoisotopic (exact) mass is 307 g/mol. The van der Waals surface area contributed by atoms with E-state index in [-0.39, 0.29) is 24.4 Å². The van der Waals surface area contributed by atoms with Crippen molar-refractivity contribution < 1.29 is 23.8 Å². The van der Waals surface area contributed by atoms with Gasteiger partial charge in [-0.15, -0.1) is 0 Å². The van der Waals surface area contributed by atoms with E-state index in [9.17, 15) is 9.59 Å². The molecule has 0 radical (unpaired) electrons. The van der Waals surface area contributed by atoms with E-state index in [1.807, 2.05) is 19.1 Å². The van der Waals surface area contributed by atoms with Crippen LogP contribution in [0.3, 0.4) is 0 Å². The number of hydrogen-bond acceptors (Lipinski definition) is 5. The summed E-state index contributed by atoms with van der Waals surface area (Å²) in [5.41, 5.74) is 0. The molecule has 0 spiro atoms. The Kier molecular flexibility index (Phi) is 5.63. The van der Waals surface area contributed by atoms with E-state index in [4.69, 9.17) is 14.2 Å². The number of carbonyl (C=O) groups excluding carboxylic acids is 2. The summed E-state index contributed by atoms with van der Waals surface area (Å²) >= 11 is 0. The minimum absolute atomic E-state index is 0.0262. The Morgan fingerprint density at radius 2 is 1.95 bits per heavy atom. The van der Waals surface area contributed by atoms with Gasteiger partial charge in [-0.3, -0.25) is 9.59 Å². The Balaban J connectivity index is 1.60. The molecule has 1 fully saturated rings. The maximum absolute atomic E-state index is 11.5. The van der Waals surface area contributed by atoms with Gasteiger partial charge in [0.25, 0.3) is 5.91 Å². The highest BCUT2D eigenvalue weighted by atomic mass is 16.5. The Bertz CT molecular complexity index is 531. The minimum Gasteiger partial charge on any atom is -0.493 e. The number of hydrogen-bond donors (Lipinski definition) is 1. The molecule has 1 N–H and O–H groups in total. The molecular formula is C16H21NO5. The second-order valence-electron chi connectivity index (χ2n) is 5.28. The van der Waals surface area contributed by atoms with Crippen LogP contribution in [0.2, 0.25) is 0 Å². The van der Waals surface area contributed by atoms with Gasteiger partial charge in [-0.1, -0.05) is 19.1 Å². The maximum atomic E-state index is 11.5. The molecule has 1 aliphatic carbocycles.